The molecule has 5 nitrogen and oxygen atoms in total. The third-order valence-electron chi connectivity index (χ3n) is 5.16. The Morgan fingerprint density at radius 3 is 2.62 bits per heavy atom. The van der Waals surface area contributed by atoms with Gasteiger partial charge in [-0.25, -0.2) is 0 Å². The second kappa shape index (κ2) is 4.50. The van der Waals surface area contributed by atoms with Gasteiger partial charge in [-0.3, -0.25) is 9.59 Å². The summed E-state index contributed by atoms with van der Waals surface area (Å²) in [5, 5.41) is 0. The fourth-order valence-corrected chi connectivity index (χ4v) is 4.22. The average Bonchev–Trinajstić information content (AvgIpc) is 2.68. The predicted molar refractivity (Wildman–Crippen MR) is 89.9 cm³/mol. The summed E-state index contributed by atoms with van der Waals surface area (Å²) in [6, 6.07) is 7.54. The number of anilines is 1. The fourth-order valence-electron chi connectivity index (χ4n) is 4.22. The van der Waals surface area contributed by atoms with Gasteiger partial charge in [-0.1, -0.05) is 32.0 Å². The summed E-state index contributed by atoms with van der Waals surface area (Å²) in [6.45, 7) is 4.05. The van der Waals surface area contributed by atoms with E-state index in [-0.39, 0.29) is 23.0 Å². The monoisotopic (exact) mass is 324 g/mol. The number of nitrogens with zero attached hydrogens (tertiary/aromatic N) is 1. The Hall–Kier alpha value is -2.56. The minimum absolute atomic E-state index is 0.0385. The van der Waals surface area contributed by atoms with Crippen molar-refractivity contribution in [1.29, 1.82) is 0 Å². The Bertz CT molecular complexity index is 850. The maximum absolute atomic E-state index is 13.2. The van der Waals surface area contributed by atoms with Crippen molar-refractivity contribution in [2.75, 3.05) is 11.9 Å². The summed E-state index contributed by atoms with van der Waals surface area (Å²) in [6.07, 6.45) is 2.58. The van der Waals surface area contributed by atoms with Gasteiger partial charge in [0.2, 0.25) is 5.91 Å². The fraction of sp³-hybridized carbons (Fsp3) is 0.368. The molecule has 0 bridgehead atoms. The quantitative estimate of drug-likeness (QED) is 0.795. The van der Waals surface area contributed by atoms with E-state index in [1.165, 1.54) is 0 Å². The van der Waals surface area contributed by atoms with E-state index < -0.39 is 5.41 Å². The third kappa shape index (κ3) is 1.75. The highest BCUT2D eigenvalue weighted by Crippen LogP contribution is 2.54. The molecule has 2 heterocycles. The van der Waals surface area contributed by atoms with Gasteiger partial charge in [-0.05, 0) is 11.5 Å². The van der Waals surface area contributed by atoms with Crippen molar-refractivity contribution >= 4 is 17.4 Å². The normalized spacial score (nSPS) is 27.8. The SMILES string of the molecule is CN1C(=O)C2(C=C(N)OC3=C2C(=O)CC(C)(C)C3)c2ccccc21. The van der Waals surface area contributed by atoms with Gasteiger partial charge in [0.25, 0.3) is 0 Å². The van der Waals surface area contributed by atoms with Gasteiger partial charge >= 0.3 is 0 Å². The number of para-hydroxylation sites is 1. The Labute approximate surface area is 140 Å². The molecule has 1 aromatic rings. The number of hydrogen-bond acceptors (Lipinski definition) is 4. The molecule has 5 heteroatoms. The maximum Gasteiger partial charge on any atom is 0.246 e. The number of hydrogen-bond donors (Lipinski definition) is 1. The lowest BCUT2D eigenvalue weighted by atomic mass is 9.65. The van der Waals surface area contributed by atoms with Crippen LogP contribution in [0.2, 0.25) is 0 Å². The van der Waals surface area contributed by atoms with E-state index in [4.69, 9.17) is 10.5 Å². The number of rotatable bonds is 0. The number of fused-ring (bicyclic) bond motifs is 3. The zero-order chi connectivity index (χ0) is 17.3. The number of carbonyl (C=O) groups is 2. The lowest BCUT2D eigenvalue weighted by molar-refractivity contribution is -0.125. The van der Waals surface area contributed by atoms with E-state index in [0.717, 1.165) is 11.3 Å². The number of allylic oxidation sites excluding steroid dienone is 1. The van der Waals surface area contributed by atoms with Gasteiger partial charge < -0.3 is 15.4 Å². The zero-order valence-electron chi connectivity index (χ0n) is 14.1. The standard InChI is InChI=1S/C19H20N2O3/c1-18(2)8-13(22)16-14(9-18)24-15(20)10-19(16)11-6-4-5-7-12(11)21(3)17(19)23/h4-7,10H,8-9,20H2,1-3H3. The third-order valence-corrected chi connectivity index (χ3v) is 5.16. The molecule has 1 aromatic carbocycles. The number of amides is 1. The van der Waals surface area contributed by atoms with Crippen molar-refractivity contribution in [2.45, 2.75) is 32.1 Å². The molecule has 1 atom stereocenters. The summed E-state index contributed by atoms with van der Waals surface area (Å²) in [7, 11) is 1.73. The van der Waals surface area contributed by atoms with Crippen LogP contribution in [0.4, 0.5) is 5.69 Å². The number of likely N-dealkylation sites (N-methyl/N-ethyl adjacent to an activating group) is 1. The van der Waals surface area contributed by atoms with Crippen LogP contribution >= 0.6 is 0 Å². The van der Waals surface area contributed by atoms with Gasteiger partial charge in [0.05, 0.1) is 5.57 Å². The number of Topliss-reactive ketones (excluding diaryl/α,β-unsaturated/α-hetero) is 1. The predicted octanol–water partition coefficient (Wildman–Crippen LogP) is 2.37. The highest BCUT2D eigenvalue weighted by Gasteiger charge is 2.57. The molecule has 124 valence electrons. The van der Waals surface area contributed by atoms with Crippen molar-refractivity contribution in [2.24, 2.45) is 11.1 Å². The van der Waals surface area contributed by atoms with Gasteiger partial charge in [-0.2, -0.15) is 0 Å². The molecule has 0 aromatic heterocycles. The minimum Gasteiger partial charge on any atom is -0.446 e. The Morgan fingerprint density at radius 1 is 1.17 bits per heavy atom. The van der Waals surface area contributed by atoms with E-state index in [1.807, 2.05) is 38.1 Å². The van der Waals surface area contributed by atoms with E-state index in [2.05, 4.69) is 0 Å². The van der Waals surface area contributed by atoms with Gasteiger partial charge in [0, 0.05) is 37.2 Å². The van der Waals surface area contributed by atoms with Crippen molar-refractivity contribution < 1.29 is 14.3 Å². The number of benzene rings is 1. The number of ether oxygens (including phenoxy) is 1. The second-order valence-corrected chi connectivity index (χ2v) is 7.58. The topological polar surface area (TPSA) is 72.6 Å². The lowest BCUT2D eigenvalue weighted by Gasteiger charge is -2.39. The van der Waals surface area contributed by atoms with Crippen LogP contribution in [0.1, 0.15) is 32.3 Å². The van der Waals surface area contributed by atoms with Crippen LogP contribution in [0.25, 0.3) is 0 Å². The Balaban J connectivity index is 2.03. The second-order valence-electron chi connectivity index (χ2n) is 7.58. The van der Waals surface area contributed by atoms with Crippen LogP contribution in [0.3, 0.4) is 0 Å². The smallest absolute Gasteiger partial charge is 0.246 e. The molecule has 0 saturated heterocycles. The van der Waals surface area contributed by atoms with Crippen LogP contribution in [0.5, 0.6) is 0 Å². The summed E-state index contributed by atoms with van der Waals surface area (Å²) in [5.41, 5.74) is 6.71. The van der Waals surface area contributed by atoms with Gasteiger partial charge in [0.1, 0.15) is 11.2 Å². The summed E-state index contributed by atoms with van der Waals surface area (Å²) < 4.78 is 5.71. The molecule has 0 saturated carbocycles. The van der Waals surface area contributed by atoms with E-state index in [1.54, 1.807) is 18.0 Å². The largest absolute Gasteiger partial charge is 0.446 e. The summed E-state index contributed by atoms with van der Waals surface area (Å²) in [5.74, 6) is 0.520. The zero-order valence-corrected chi connectivity index (χ0v) is 14.1. The first-order chi connectivity index (χ1) is 11.3. The van der Waals surface area contributed by atoms with E-state index in [9.17, 15) is 9.59 Å². The molecule has 2 aliphatic heterocycles. The van der Waals surface area contributed by atoms with Gasteiger partial charge in [-0.15, -0.1) is 0 Å². The molecule has 0 fully saturated rings. The molecule has 1 aliphatic carbocycles. The molecule has 1 amide bonds. The number of carbonyl (C=O) groups excluding carboxylic acids is 2. The van der Waals surface area contributed by atoms with Crippen molar-refractivity contribution in [3.8, 4) is 0 Å². The molecule has 2 N–H and O–H groups in total. The Kier molecular flexibility index (Phi) is 2.81. The molecule has 0 radical (unpaired) electrons. The first kappa shape index (κ1) is 15.0. The number of nitrogens with two attached hydrogens (primary N) is 1. The maximum atomic E-state index is 13.2. The lowest BCUT2D eigenvalue weighted by Crippen LogP contribution is -2.46. The molecule has 4 rings (SSSR count). The molecule has 24 heavy (non-hydrogen) atoms. The van der Waals surface area contributed by atoms with Crippen molar-refractivity contribution in [1.82, 2.24) is 0 Å². The molecule has 1 unspecified atom stereocenters. The van der Waals surface area contributed by atoms with Crippen LogP contribution in [0, 0.1) is 5.41 Å². The highest BCUT2D eigenvalue weighted by molar-refractivity contribution is 6.18. The first-order valence-electron chi connectivity index (χ1n) is 8.07. The van der Waals surface area contributed by atoms with Crippen LogP contribution in [0.15, 0.2) is 47.6 Å². The highest BCUT2D eigenvalue weighted by atomic mass is 16.5. The van der Waals surface area contributed by atoms with E-state index >= 15 is 0 Å². The Morgan fingerprint density at radius 2 is 1.88 bits per heavy atom. The molecular formula is C19H20N2O3. The molecular weight excluding hydrogens is 304 g/mol. The molecule has 1 spiro atoms. The minimum atomic E-state index is -1.16. The van der Waals surface area contributed by atoms with E-state index in [0.29, 0.717) is 24.2 Å². The van der Waals surface area contributed by atoms with Crippen LogP contribution < -0.4 is 10.6 Å². The summed E-state index contributed by atoms with van der Waals surface area (Å²) in [4.78, 5) is 27.8. The van der Waals surface area contributed by atoms with Crippen LogP contribution in [-0.4, -0.2) is 18.7 Å². The number of ketones is 1. The average molecular weight is 324 g/mol. The van der Waals surface area contributed by atoms with Crippen molar-refractivity contribution in [3.63, 3.8) is 0 Å². The van der Waals surface area contributed by atoms with Crippen LogP contribution in [-0.2, 0) is 19.7 Å². The summed E-state index contributed by atoms with van der Waals surface area (Å²) >= 11 is 0. The molecule has 3 aliphatic rings. The first-order valence-corrected chi connectivity index (χ1v) is 8.07. The van der Waals surface area contributed by atoms with Gasteiger partial charge in [0.15, 0.2) is 11.7 Å². The van der Waals surface area contributed by atoms with Crippen molar-refractivity contribution in [3.05, 3.63) is 53.1 Å².